The first-order chi connectivity index (χ1) is 10.8. The molecule has 24 heavy (non-hydrogen) atoms. The zero-order valence-corrected chi connectivity index (χ0v) is 11.5. The van der Waals surface area contributed by atoms with Gasteiger partial charge in [-0.2, -0.15) is 44.6 Å². The highest BCUT2D eigenvalue weighted by atomic mass is 19.4. The highest BCUT2D eigenvalue weighted by molar-refractivity contribution is 6.01. The van der Waals surface area contributed by atoms with Crippen LogP contribution in [0.1, 0.15) is 12.0 Å². The molecule has 2 nitrogen and oxygen atoms in total. The summed E-state index contributed by atoms with van der Waals surface area (Å²) in [5, 5.41) is 3.34. The Bertz CT molecular complexity index is 622. The Morgan fingerprint density at radius 2 is 1.38 bits per heavy atom. The van der Waals surface area contributed by atoms with E-state index < -0.39 is 36.4 Å². The predicted octanol–water partition coefficient (Wildman–Crippen LogP) is 4.22. The molecule has 1 N–H and O–H groups in total. The number of alkyl halides is 9. The first-order valence-corrected chi connectivity index (χ1v) is 6.40. The molecular weight excluding hydrogens is 355 g/mol. The summed E-state index contributed by atoms with van der Waals surface area (Å²) >= 11 is 0. The molecule has 134 valence electrons. The summed E-state index contributed by atoms with van der Waals surface area (Å²) in [5.74, 6) is -19.3. The topological polar surface area (TPSA) is 24.4 Å². The molecule has 1 aliphatic heterocycles. The third-order valence-electron chi connectivity index (χ3n) is 3.47. The monoisotopic (exact) mass is 364 g/mol. The van der Waals surface area contributed by atoms with Gasteiger partial charge in [0.1, 0.15) is 6.04 Å². The first kappa shape index (κ1) is 18.4. The Morgan fingerprint density at radius 3 is 1.88 bits per heavy atom. The highest BCUT2D eigenvalue weighted by Crippen LogP contribution is 2.54. The molecule has 1 heterocycles. The Kier molecular flexibility index (Phi) is 4.26. The maximum Gasteiger partial charge on any atom is 0.460 e. The molecule has 0 saturated heterocycles. The van der Waals surface area contributed by atoms with Crippen molar-refractivity contribution in [2.24, 2.45) is 5.10 Å². The Balaban J connectivity index is 2.26. The van der Waals surface area contributed by atoms with Crippen LogP contribution in [0.2, 0.25) is 0 Å². The molecule has 11 heteroatoms. The van der Waals surface area contributed by atoms with Crippen molar-refractivity contribution in [1.82, 2.24) is 5.43 Å². The molecule has 1 unspecified atom stereocenters. The van der Waals surface area contributed by atoms with Gasteiger partial charge in [-0.1, -0.05) is 30.3 Å². The van der Waals surface area contributed by atoms with Crippen LogP contribution in [0, 0.1) is 0 Å². The summed E-state index contributed by atoms with van der Waals surface area (Å²) < 4.78 is 116. The number of nitrogens with one attached hydrogen (secondary N) is 1. The van der Waals surface area contributed by atoms with E-state index in [-0.39, 0.29) is 11.3 Å². The van der Waals surface area contributed by atoms with Crippen molar-refractivity contribution in [3.05, 3.63) is 35.9 Å². The van der Waals surface area contributed by atoms with Crippen molar-refractivity contribution in [2.45, 2.75) is 36.4 Å². The summed E-state index contributed by atoms with van der Waals surface area (Å²) in [5.41, 5.74) is 1.62. The maximum absolute atomic E-state index is 13.8. The summed E-state index contributed by atoms with van der Waals surface area (Å²) in [6.45, 7) is 0. The normalized spacial score (nSPS) is 19.9. The average molecular weight is 364 g/mol. The Morgan fingerprint density at radius 1 is 0.833 bits per heavy atom. The average Bonchev–Trinajstić information content (AvgIpc) is 2.97. The van der Waals surface area contributed by atoms with E-state index in [1.54, 1.807) is 6.07 Å². The standard InChI is InChI=1S/C13H9F9N2/c14-10(15,11(16,17)12(18,19)13(20,21)22)9-6-8(23-24-9)7-4-2-1-3-5-7/h1-5,9,24H,6H2. The van der Waals surface area contributed by atoms with Gasteiger partial charge in [-0.3, -0.25) is 5.43 Å². The van der Waals surface area contributed by atoms with Crippen LogP contribution in [0.5, 0.6) is 0 Å². The van der Waals surface area contributed by atoms with Crippen LogP contribution in [-0.4, -0.2) is 35.7 Å². The third kappa shape index (κ3) is 2.69. The van der Waals surface area contributed by atoms with Crippen molar-refractivity contribution >= 4 is 5.71 Å². The predicted molar refractivity (Wildman–Crippen MR) is 65.4 cm³/mol. The van der Waals surface area contributed by atoms with E-state index in [0.29, 0.717) is 0 Å². The lowest BCUT2D eigenvalue weighted by molar-refractivity contribution is -0.399. The second-order valence-electron chi connectivity index (χ2n) is 5.08. The van der Waals surface area contributed by atoms with Crippen LogP contribution < -0.4 is 5.43 Å². The lowest BCUT2D eigenvalue weighted by Crippen LogP contribution is -2.65. The summed E-state index contributed by atoms with van der Waals surface area (Å²) in [6.07, 6.45) is -7.78. The van der Waals surface area contributed by atoms with E-state index in [1.165, 1.54) is 29.7 Å². The van der Waals surface area contributed by atoms with E-state index in [2.05, 4.69) is 5.10 Å². The van der Waals surface area contributed by atoms with Crippen LogP contribution in [0.4, 0.5) is 39.5 Å². The van der Waals surface area contributed by atoms with Gasteiger partial charge >= 0.3 is 23.9 Å². The second-order valence-corrected chi connectivity index (χ2v) is 5.08. The number of halogens is 9. The van der Waals surface area contributed by atoms with Crippen molar-refractivity contribution < 1.29 is 39.5 Å². The smallest absolute Gasteiger partial charge is 0.300 e. The van der Waals surface area contributed by atoms with Crippen molar-refractivity contribution in [2.75, 3.05) is 0 Å². The number of hydrogen-bond acceptors (Lipinski definition) is 2. The van der Waals surface area contributed by atoms with Crippen molar-refractivity contribution in [3.8, 4) is 0 Å². The van der Waals surface area contributed by atoms with Gasteiger partial charge in [-0.05, 0) is 5.56 Å². The molecule has 1 aromatic carbocycles. The van der Waals surface area contributed by atoms with Gasteiger partial charge < -0.3 is 0 Å². The van der Waals surface area contributed by atoms with Gasteiger partial charge in [-0.25, -0.2) is 0 Å². The number of nitrogens with zero attached hydrogens (tertiary/aromatic N) is 1. The number of benzene rings is 1. The summed E-state index contributed by atoms with van der Waals surface area (Å²) in [6, 6.07) is 4.60. The molecule has 0 aromatic heterocycles. The Labute approximate surface area is 129 Å². The van der Waals surface area contributed by atoms with Gasteiger partial charge in [0.25, 0.3) is 0 Å². The fourth-order valence-corrected chi connectivity index (χ4v) is 2.07. The van der Waals surface area contributed by atoms with Crippen LogP contribution in [-0.2, 0) is 0 Å². The highest BCUT2D eigenvalue weighted by Gasteiger charge is 2.83. The zero-order valence-electron chi connectivity index (χ0n) is 11.5. The summed E-state index contributed by atoms with van der Waals surface area (Å²) in [4.78, 5) is 0. The fourth-order valence-electron chi connectivity index (χ4n) is 2.07. The minimum atomic E-state index is -6.90. The van der Waals surface area contributed by atoms with E-state index in [9.17, 15) is 39.5 Å². The first-order valence-electron chi connectivity index (χ1n) is 6.40. The minimum absolute atomic E-state index is 0.161. The van der Waals surface area contributed by atoms with Crippen LogP contribution in [0.15, 0.2) is 35.4 Å². The molecule has 0 spiro atoms. The fraction of sp³-hybridized carbons (Fsp3) is 0.462. The number of rotatable bonds is 4. The second kappa shape index (κ2) is 5.55. The Hall–Kier alpha value is -1.94. The van der Waals surface area contributed by atoms with E-state index in [4.69, 9.17) is 0 Å². The summed E-state index contributed by atoms with van der Waals surface area (Å²) in [7, 11) is 0. The quantitative estimate of drug-likeness (QED) is 0.795. The molecule has 2 rings (SSSR count). The van der Waals surface area contributed by atoms with Crippen molar-refractivity contribution in [1.29, 1.82) is 0 Å². The SMILES string of the molecule is FC(F)(F)C(F)(F)C(F)(F)C(F)(F)C1CC(c2ccccc2)=NN1. The molecule has 0 amide bonds. The van der Waals surface area contributed by atoms with Gasteiger partial charge in [0.15, 0.2) is 0 Å². The molecule has 1 atom stereocenters. The number of hydrogen-bond donors (Lipinski definition) is 1. The molecule has 0 saturated carbocycles. The van der Waals surface area contributed by atoms with E-state index >= 15 is 0 Å². The van der Waals surface area contributed by atoms with Crippen LogP contribution in [0.3, 0.4) is 0 Å². The molecule has 1 aliphatic rings. The zero-order chi connectivity index (χ0) is 18.4. The largest absolute Gasteiger partial charge is 0.460 e. The molecule has 0 fully saturated rings. The molecule has 0 bridgehead atoms. The van der Waals surface area contributed by atoms with Crippen LogP contribution in [0.25, 0.3) is 0 Å². The van der Waals surface area contributed by atoms with Gasteiger partial charge in [0.2, 0.25) is 0 Å². The molecule has 0 aliphatic carbocycles. The van der Waals surface area contributed by atoms with Gasteiger partial charge in [0, 0.05) is 6.42 Å². The number of hydrazone groups is 1. The van der Waals surface area contributed by atoms with Gasteiger partial charge in [0.05, 0.1) is 5.71 Å². The minimum Gasteiger partial charge on any atom is -0.300 e. The third-order valence-corrected chi connectivity index (χ3v) is 3.47. The van der Waals surface area contributed by atoms with E-state index in [0.717, 1.165) is 0 Å². The maximum atomic E-state index is 13.8. The lowest BCUT2D eigenvalue weighted by Gasteiger charge is -2.36. The van der Waals surface area contributed by atoms with Crippen LogP contribution >= 0.6 is 0 Å². The van der Waals surface area contributed by atoms with E-state index in [1.807, 2.05) is 0 Å². The van der Waals surface area contributed by atoms with Gasteiger partial charge in [-0.15, -0.1) is 0 Å². The molecular formula is C13H9F9N2. The lowest BCUT2D eigenvalue weighted by atomic mass is 9.93. The molecule has 1 aromatic rings. The molecule has 0 radical (unpaired) electrons. The van der Waals surface area contributed by atoms with Crippen molar-refractivity contribution in [3.63, 3.8) is 0 Å².